The third-order valence-electron chi connectivity index (χ3n) is 16.3. The molecule has 1 saturated heterocycles. The number of hydrogen-bond donors (Lipinski definition) is 6. The van der Waals surface area contributed by atoms with Gasteiger partial charge >= 0.3 is 5.97 Å². The molecule has 8 atom stereocenters. The maximum absolute atomic E-state index is 13.5. The molecule has 8 unspecified atom stereocenters. The summed E-state index contributed by atoms with van der Waals surface area (Å²) in [6.07, 6.45) is 70.6. The molecule has 0 bridgehead atoms. The number of carbonyl (C=O) groups is 2. The van der Waals surface area contributed by atoms with E-state index in [-0.39, 0.29) is 19.4 Å². The van der Waals surface area contributed by atoms with Crippen LogP contribution < -0.4 is 5.32 Å². The normalized spacial score (nSPS) is 18.9. The molecule has 0 aromatic carbocycles. The molecule has 11 heteroatoms. The minimum Gasteiger partial charge on any atom is -0.454 e. The fourth-order valence-electron chi connectivity index (χ4n) is 10.8. The lowest BCUT2D eigenvalue weighted by molar-refractivity contribution is -0.305. The molecule has 1 fully saturated rings. The molecule has 1 amide bonds. The van der Waals surface area contributed by atoms with Crippen LogP contribution in [0.25, 0.3) is 0 Å². The summed E-state index contributed by atoms with van der Waals surface area (Å²) < 4.78 is 17.7. The van der Waals surface area contributed by atoms with Gasteiger partial charge < -0.3 is 45.1 Å². The fourth-order valence-corrected chi connectivity index (χ4v) is 10.8. The molecule has 1 rings (SSSR count). The third kappa shape index (κ3) is 48.4. The molecule has 1 aliphatic heterocycles. The van der Waals surface area contributed by atoms with Gasteiger partial charge in [0.05, 0.1) is 25.4 Å². The number of hydrogen-bond acceptors (Lipinski definition) is 10. The molecule has 11 nitrogen and oxygen atoms in total. The Bertz CT molecular complexity index is 1710. The Kier molecular flexibility index (Phi) is 57.4. The van der Waals surface area contributed by atoms with Crippen LogP contribution in [0.1, 0.15) is 310 Å². The van der Waals surface area contributed by atoms with Gasteiger partial charge in [-0.1, -0.05) is 311 Å². The van der Waals surface area contributed by atoms with E-state index in [1.54, 1.807) is 6.08 Å². The third-order valence-corrected chi connectivity index (χ3v) is 16.3. The molecule has 492 valence electrons. The summed E-state index contributed by atoms with van der Waals surface area (Å²) in [5, 5.41) is 57.2. The minimum atomic E-state index is -1.62. The van der Waals surface area contributed by atoms with E-state index in [2.05, 4.69) is 92.9 Å². The minimum absolute atomic E-state index is 0.119. The molecule has 0 radical (unpaired) electrons. The summed E-state index contributed by atoms with van der Waals surface area (Å²) in [5.74, 6) is -1.23. The number of unbranched alkanes of at least 4 members (excludes halogenated alkanes) is 34. The van der Waals surface area contributed by atoms with Gasteiger partial charge in [-0.25, -0.2) is 0 Å². The monoisotopic (exact) mass is 1190 g/mol. The molecule has 1 aliphatic rings. The van der Waals surface area contributed by atoms with Crippen LogP contribution in [0.15, 0.2) is 85.1 Å². The Morgan fingerprint density at radius 3 is 1.26 bits per heavy atom. The van der Waals surface area contributed by atoms with Gasteiger partial charge in [0.2, 0.25) is 5.91 Å². The van der Waals surface area contributed by atoms with Gasteiger partial charge in [-0.15, -0.1) is 0 Å². The summed E-state index contributed by atoms with van der Waals surface area (Å²) >= 11 is 0. The van der Waals surface area contributed by atoms with Gasteiger partial charge in [0.1, 0.15) is 24.4 Å². The largest absolute Gasteiger partial charge is 0.454 e. The van der Waals surface area contributed by atoms with E-state index < -0.39 is 67.4 Å². The van der Waals surface area contributed by atoms with E-state index in [4.69, 9.17) is 14.2 Å². The Morgan fingerprint density at radius 1 is 0.471 bits per heavy atom. The van der Waals surface area contributed by atoms with Crippen LogP contribution in [0.4, 0.5) is 0 Å². The van der Waals surface area contributed by atoms with Gasteiger partial charge in [0.15, 0.2) is 12.4 Å². The Hall–Kier alpha value is -3.16. The maximum atomic E-state index is 13.5. The van der Waals surface area contributed by atoms with Crippen molar-refractivity contribution in [2.24, 2.45) is 0 Å². The first-order valence-electron chi connectivity index (χ1n) is 35.4. The molecule has 1 heterocycles. The van der Waals surface area contributed by atoms with Crippen molar-refractivity contribution >= 4 is 11.9 Å². The highest BCUT2D eigenvalue weighted by atomic mass is 16.7. The molecule has 0 aromatic rings. The zero-order valence-electron chi connectivity index (χ0n) is 54.7. The molecule has 0 saturated carbocycles. The van der Waals surface area contributed by atoms with E-state index in [0.717, 1.165) is 83.5 Å². The second-order valence-electron chi connectivity index (χ2n) is 24.2. The smallest absolute Gasteiger partial charge is 0.306 e. The Morgan fingerprint density at radius 2 is 0.847 bits per heavy atom. The van der Waals surface area contributed by atoms with Crippen molar-refractivity contribution in [3.8, 4) is 0 Å². The summed E-state index contributed by atoms with van der Waals surface area (Å²) in [4.78, 5) is 26.7. The van der Waals surface area contributed by atoms with Crippen molar-refractivity contribution in [3.05, 3.63) is 85.1 Å². The summed E-state index contributed by atoms with van der Waals surface area (Å²) in [5.41, 5.74) is 0. The first-order chi connectivity index (χ1) is 41.7. The summed E-state index contributed by atoms with van der Waals surface area (Å²) in [7, 11) is 0. The molecular formula is C74H131NO10. The molecule has 0 aromatic heterocycles. The molecular weight excluding hydrogens is 1060 g/mol. The van der Waals surface area contributed by atoms with Gasteiger partial charge in [-0.05, 0) is 77.0 Å². The van der Waals surface area contributed by atoms with Crippen LogP contribution >= 0.6 is 0 Å². The lowest BCUT2D eigenvalue weighted by atomic mass is 9.99. The van der Waals surface area contributed by atoms with Crippen molar-refractivity contribution in [2.75, 3.05) is 13.2 Å². The van der Waals surface area contributed by atoms with Crippen molar-refractivity contribution in [2.45, 2.75) is 359 Å². The predicted molar refractivity (Wildman–Crippen MR) is 356 cm³/mol. The van der Waals surface area contributed by atoms with E-state index in [9.17, 15) is 35.1 Å². The van der Waals surface area contributed by atoms with Gasteiger partial charge in [0, 0.05) is 6.42 Å². The van der Waals surface area contributed by atoms with E-state index in [1.807, 2.05) is 12.2 Å². The first-order valence-corrected chi connectivity index (χ1v) is 35.4. The molecule has 85 heavy (non-hydrogen) atoms. The molecule has 0 aliphatic carbocycles. The number of nitrogens with one attached hydrogen (secondary N) is 1. The number of aliphatic hydroxyl groups is 5. The van der Waals surface area contributed by atoms with Crippen molar-refractivity contribution in [1.29, 1.82) is 0 Å². The van der Waals surface area contributed by atoms with E-state index in [1.165, 1.54) is 173 Å². The van der Waals surface area contributed by atoms with Crippen molar-refractivity contribution in [3.63, 3.8) is 0 Å². The quantitative estimate of drug-likeness (QED) is 0.0195. The predicted octanol–water partition coefficient (Wildman–Crippen LogP) is 18.1. The van der Waals surface area contributed by atoms with Crippen molar-refractivity contribution in [1.82, 2.24) is 5.32 Å². The Labute approximate surface area is 521 Å². The second kappa shape index (κ2) is 61.1. The highest BCUT2D eigenvalue weighted by Gasteiger charge is 2.47. The SMILES string of the molecule is CC/C=C\C/C=C\C/C=C\C/C=C\C/C=C\C/C=C\CCCC(O)C(=O)NC(COC1OC(CO)C(O)C(O)C1OC(=O)CCCCCCCCCCCCCCCCCCCCCCCCC)C(O)/C=C/CCCCCCCCCCCCC. The average molecular weight is 1190 g/mol. The lowest BCUT2D eigenvalue weighted by Crippen LogP contribution is -2.61. The first kappa shape index (κ1) is 79.9. The molecule has 0 spiro atoms. The maximum Gasteiger partial charge on any atom is 0.306 e. The number of ether oxygens (including phenoxy) is 3. The number of rotatable bonds is 60. The topological polar surface area (TPSA) is 175 Å². The standard InChI is InChI=1S/C74H131NO10/c1-4-7-10-13-16-19-22-25-27-29-31-33-34-35-37-39-41-44-47-50-53-56-59-62-69(79)85-72-71(81)70(80)68(63-76)84-74(72)83-64-65(66(77)60-57-54-51-48-45-42-24-21-18-15-12-9-6-3)75-73(82)67(78)61-58-55-52-49-46-43-40-38-36-32-30-28-26-23-20-17-14-11-8-5-2/h8,11,17,20,26,28,32,36,40,43,49,52,57,60,65-68,70-72,74,76-78,80-81H,4-7,9-10,12-16,18-19,21-25,27,29-31,33-35,37-39,41-42,44-48,50-51,53-56,58-59,61-64H2,1-3H3,(H,75,82)/b11-8-,20-17-,28-26-,36-32-,43-40-,52-49-,60-57+. The lowest BCUT2D eigenvalue weighted by Gasteiger charge is -2.41. The van der Waals surface area contributed by atoms with Crippen LogP contribution in [0.5, 0.6) is 0 Å². The van der Waals surface area contributed by atoms with E-state index in [0.29, 0.717) is 19.3 Å². The number of amides is 1. The Balaban J connectivity index is 2.63. The highest BCUT2D eigenvalue weighted by molar-refractivity contribution is 5.80. The summed E-state index contributed by atoms with van der Waals surface area (Å²) in [6.45, 7) is 5.69. The number of carbonyl (C=O) groups excluding carboxylic acids is 2. The average Bonchev–Trinajstić information content (AvgIpc) is 3.12. The zero-order chi connectivity index (χ0) is 61.7. The fraction of sp³-hybridized carbons (Fsp3) is 0.784. The van der Waals surface area contributed by atoms with Crippen LogP contribution in [0.2, 0.25) is 0 Å². The van der Waals surface area contributed by atoms with Gasteiger partial charge in [0.25, 0.3) is 0 Å². The van der Waals surface area contributed by atoms with Crippen LogP contribution in [0, 0.1) is 0 Å². The molecule has 6 N–H and O–H groups in total. The number of esters is 1. The van der Waals surface area contributed by atoms with Crippen LogP contribution in [-0.2, 0) is 23.8 Å². The summed E-state index contributed by atoms with van der Waals surface area (Å²) in [6, 6.07) is -1.05. The zero-order valence-corrected chi connectivity index (χ0v) is 54.7. The van der Waals surface area contributed by atoms with Crippen LogP contribution in [0.3, 0.4) is 0 Å². The highest BCUT2D eigenvalue weighted by Crippen LogP contribution is 2.26. The van der Waals surface area contributed by atoms with Gasteiger partial charge in [-0.3, -0.25) is 9.59 Å². The van der Waals surface area contributed by atoms with E-state index >= 15 is 0 Å². The van der Waals surface area contributed by atoms with Crippen LogP contribution in [-0.4, -0.2) is 99.6 Å². The van der Waals surface area contributed by atoms with Gasteiger partial charge in [-0.2, -0.15) is 0 Å². The number of allylic oxidation sites excluding steroid dienone is 13. The number of aliphatic hydroxyl groups excluding tert-OH is 5. The van der Waals surface area contributed by atoms with Crippen molar-refractivity contribution < 1.29 is 49.3 Å². The second-order valence-corrected chi connectivity index (χ2v) is 24.2.